The van der Waals surface area contributed by atoms with Gasteiger partial charge in [-0.05, 0) is 26.8 Å². The van der Waals surface area contributed by atoms with Gasteiger partial charge < -0.3 is 9.47 Å². The molecule has 3 rings (SSSR count). The number of amides is 1. The van der Waals surface area contributed by atoms with E-state index in [0.29, 0.717) is 5.91 Å². The van der Waals surface area contributed by atoms with E-state index in [1.54, 1.807) is 0 Å². The molecule has 1 spiro atoms. The van der Waals surface area contributed by atoms with Crippen LogP contribution in [-0.4, -0.2) is 75.5 Å². The number of carbonyl (C=O) groups excluding carboxylic acids is 1. The van der Waals surface area contributed by atoms with Crippen molar-refractivity contribution in [3.63, 3.8) is 0 Å². The molecule has 2 fully saturated rings. The Kier molecular flexibility index (Phi) is 4.23. The lowest BCUT2D eigenvalue weighted by Crippen LogP contribution is -2.67. The normalized spacial score (nSPS) is 23.4. The van der Waals surface area contributed by atoms with E-state index in [2.05, 4.69) is 33.3 Å². The van der Waals surface area contributed by atoms with Gasteiger partial charge >= 0.3 is 0 Å². The van der Waals surface area contributed by atoms with Crippen LogP contribution in [0.5, 0.6) is 0 Å². The Balaban J connectivity index is 1.67. The molecule has 1 aromatic heterocycles. The van der Waals surface area contributed by atoms with Gasteiger partial charge in [-0.15, -0.1) is 0 Å². The van der Waals surface area contributed by atoms with E-state index in [9.17, 15) is 4.79 Å². The van der Waals surface area contributed by atoms with Crippen molar-refractivity contribution in [3.05, 3.63) is 18.2 Å². The van der Waals surface area contributed by atoms with Crippen LogP contribution in [0.25, 0.3) is 0 Å². The largest absolute Gasteiger partial charge is 0.340 e. The average molecular weight is 305 g/mol. The third kappa shape index (κ3) is 2.54. The Labute approximate surface area is 132 Å². The lowest BCUT2D eigenvalue weighted by Gasteiger charge is -2.51. The van der Waals surface area contributed by atoms with Crippen LogP contribution in [0.15, 0.2) is 12.5 Å². The van der Waals surface area contributed by atoms with Crippen LogP contribution in [0.3, 0.4) is 0 Å². The van der Waals surface area contributed by atoms with Gasteiger partial charge in [0.05, 0.1) is 12.0 Å². The highest BCUT2D eigenvalue weighted by molar-refractivity contribution is 5.87. The third-order valence-corrected chi connectivity index (χ3v) is 5.49. The van der Waals surface area contributed by atoms with E-state index in [4.69, 9.17) is 0 Å². The summed E-state index contributed by atoms with van der Waals surface area (Å²) in [6.45, 7) is 7.62. The van der Waals surface area contributed by atoms with E-state index in [1.807, 2.05) is 24.5 Å². The number of nitrogens with zero attached hydrogens (tertiary/aromatic N) is 5. The number of carbonyl (C=O) groups is 1. The fourth-order valence-corrected chi connectivity index (χ4v) is 3.79. The summed E-state index contributed by atoms with van der Waals surface area (Å²) in [5, 5.41) is 0. The summed E-state index contributed by atoms with van der Waals surface area (Å²) in [5.41, 5.74) is 0.964. The maximum atomic E-state index is 12.9. The highest BCUT2D eigenvalue weighted by Crippen LogP contribution is 2.33. The zero-order chi connectivity index (χ0) is 15.7. The molecule has 0 saturated carbocycles. The number of aromatic nitrogens is 2. The SMILES string of the molecule is CCN1CCN(C)C2(CCN(Cc3cncn3C)CC2)C1=O. The minimum atomic E-state index is -0.267. The van der Waals surface area contributed by atoms with Crippen molar-refractivity contribution in [3.8, 4) is 0 Å². The second kappa shape index (κ2) is 6.01. The summed E-state index contributed by atoms with van der Waals surface area (Å²) in [6, 6.07) is 0. The van der Waals surface area contributed by atoms with Crippen molar-refractivity contribution in [2.24, 2.45) is 7.05 Å². The maximum absolute atomic E-state index is 12.9. The van der Waals surface area contributed by atoms with Crippen LogP contribution < -0.4 is 0 Å². The molecule has 6 nitrogen and oxygen atoms in total. The first-order chi connectivity index (χ1) is 10.6. The molecule has 1 amide bonds. The fourth-order valence-electron chi connectivity index (χ4n) is 3.79. The first kappa shape index (κ1) is 15.5. The molecular formula is C16H27N5O. The van der Waals surface area contributed by atoms with E-state index < -0.39 is 0 Å². The van der Waals surface area contributed by atoms with Crippen LogP contribution in [0, 0.1) is 0 Å². The van der Waals surface area contributed by atoms with Crippen LogP contribution in [0.1, 0.15) is 25.5 Å². The number of hydrogen-bond acceptors (Lipinski definition) is 4. The quantitative estimate of drug-likeness (QED) is 0.818. The van der Waals surface area contributed by atoms with Crippen molar-refractivity contribution >= 4 is 5.91 Å². The molecule has 0 unspecified atom stereocenters. The Morgan fingerprint density at radius 3 is 2.50 bits per heavy atom. The van der Waals surface area contributed by atoms with Crippen molar-refractivity contribution in [2.45, 2.75) is 31.8 Å². The molecule has 0 aliphatic carbocycles. The topological polar surface area (TPSA) is 44.6 Å². The molecule has 122 valence electrons. The van der Waals surface area contributed by atoms with Crippen LogP contribution in [0.2, 0.25) is 0 Å². The van der Waals surface area contributed by atoms with Crippen LogP contribution in [-0.2, 0) is 18.4 Å². The predicted octanol–water partition coefficient (Wildman–Crippen LogP) is 0.549. The monoisotopic (exact) mass is 305 g/mol. The first-order valence-corrected chi connectivity index (χ1v) is 8.25. The van der Waals surface area contributed by atoms with Crippen LogP contribution >= 0.6 is 0 Å². The Morgan fingerprint density at radius 2 is 1.91 bits per heavy atom. The number of hydrogen-bond donors (Lipinski definition) is 0. The Bertz CT molecular complexity index is 532. The van der Waals surface area contributed by atoms with Crippen molar-refractivity contribution in [1.82, 2.24) is 24.3 Å². The van der Waals surface area contributed by atoms with E-state index in [1.165, 1.54) is 5.69 Å². The highest BCUT2D eigenvalue weighted by Gasteiger charge is 2.48. The summed E-state index contributed by atoms with van der Waals surface area (Å²) in [7, 11) is 4.15. The molecule has 0 atom stereocenters. The molecule has 2 aliphatic heterocycles. The molecule has 0 aromatic carbocycles. The molecule has 0 radical (unpaired) electrons. The second-order valence-electron chi connectivity index (χ2n) is 6.61. The van der Waals surface area contributed by atoms with Gasteiger partial charge in [-0.25, -0.2) is 4.98 Å². The molecule has 22 heavy (non-hydrogen) atoms. The molecule has 0 bridgehead atoms. The standard InChI is InChI=1S/C16H27N5O/c1-4-21-10-9-19(3)16(15(21)22)5-7-20(8-6-16)12-14-11-17-13-18(14)2/h11,13H,4-10,12H2,1-3H3. The van der Waals surface area contributed by atoms with Gasteiger partial charge in [0.1, 0.15) is 5.54 Å². The molecular weight excluding hydrogens is 278 g/mol. The summed E-state index contributed by atoms with van der Waals surface area (Å²) in [5.74, 6) is 0.337. The van der Waals surface area contributed by atoms with Crippen molar-refractivity contribution in [2.75, 3.05) is 39.8 Å². The van der Waals surface area contributed by atoms with Gasteiger partial charge in [0, 0.05) is 52.5 Å². The predicted molar refractivity (Wildman–Crippen MR) is 85.3 cm³/mol. The number of piperazine rings is 1. The zero-order valence-electron chi connectivity index (χ0n) is 14.0. The van der Waals surface area contributed by atoms with Crippen molar-refractivity contribution < 1.29 is 4.79 Å². The summed E-state index contributed by atoms with van der Waals surface area (Å²) in [6.07, 6.45) is 5.63. The highest BCUT2D eigenvalue weighted by atomic mass is 16.2. The summed E-state index contributed by atoms with van der Waals surface area (Å²) in [4.78, 5) is 23.8. The number of rotatable bonds is 3. The minimum absolute atomic E-state index is 0.267. The summed E-state index contributed by atoms with van der Waals surface area (Å²) >= 11 is 0. The molecule has 2 aliphatic rings. The maximum Gasteiger partial charge on any atom is 0.243 e. The zero-order valence-corrected chi connectivity index (χ0v) is 14.0. The molecule has 3 heterocycles. The van der Waals surface area contributed by atoms with E-state index in [-0.39, 0.29) is 5.54 Å². The third-order valence-electron chi connectivity index (χ3n) is 5.49. The van der Waals surface area contributed by atoms with E-state index in [0.717, 1.165) is 52.1 Å². The first-order valence-electron chi connectivity index (χ1n) is 8.25. The Hall–Kier alpha value is -1.40. The molecule has 0 N–H and O–H groups in total. The summed E-state index contributed by atoms with van der Waals surface area (Å²) < 4.78 is 2.07. The number of aryl methyl sites for hydroxylation is 1. The van der Waals surface area contributed by atoms with Gasteiger partial charge in [0.15, 0.2) is 0 Å². The number of likely N-dealkylation sites (tertiary alicyclic amines) is 1. The Morgan fingerprint density at radius 1 is 1.18 bits per heavy atom. The van der Waals surface area contributed by atoms with Gasteiger partial charge in [-0.2, -0.15) is 0 Å². The van der Waals surface area contributed by atoms with Gasteiger partial charge in [0.2, 0.25) is 5.91 Å². The number of imidazole rings is 1. The minimum Gasteiger partial charge on any atom is -0.340 e. The van der Waals surface area contributed by atoms with Gasteiger partial charge in [-0.3, -0.25) is 14.6 Å². The number of piperidine rings is 1. The smallest absolute Gasteiger partial charge is 0.243 e. The van der Waals surface area contributed by atoms with E-state index >= 15 is 0 Å². The van der Waals surface area contributed by atoms with Gasteiger partial charge in [-0.1, -0.05) is 0 Å². The molecule has 1 aromatic rings. The van der Waals surface area contributed by atoms with Crippen molar-refractivity contribution in [1.29, 1.82) is 0 Å². The number of likely N-dealkylation sites (N-methyl/N-ethyl adjacent to an activating group) is 2. The lowest BCUT2D eigenvalue weighted by molar-refractivity contribution is -0.154. The lowest BCUT2D eigenvalue weighted by atomic mass is 9.82. The second-order valence-corrected chi connectivity index (χ2v) is 6.61. The average Bonchev–Trinajstić information content (AvgIpc) is 2.92. The molecule has 6 heteroatoms. The van der Waals surface area contributed by atoms with Crippen LogP contribution in [0.4, 0.5) is 0 Å². The fraction of sp³-hybridized carbons (Fsp3) is 0.750. The van der Waals surface area contributed by atoms with Gasteiger partial charge in [0.25, 0.3) is 0 Å². The molecule has 2 saturated heterocycles.